The number of carbonyl (C=O) groups excluding carboxylic acids is 1. The van der Waals surface area contributed by atoms with Crippen LogP contribution in [0.1, 0.15) is 65.9 Å². The van der Waals surface area contributed by atoms with E-state index in [9.17, 15) is 9.90 Å². The predicted octanol–water partition coefficient (Wildman–Crippen LogP) is 5.60. The molecule has 0 radical (unpaired) electrons. The number of likely N-dealkylation sites (tertiary alicyclic amines) is 1. The maximum atomic E-state index is 13.0. The molecule has 7 rings (SSSR count). The molecule has 0 bridgehead atoms. The van der Waals surface area contributed by atoms with Crippen LogP contribution in [-0.4, -0.2) is 94.6 Å². The van der Waals surface area contributed by atoms with Gasteiger partial charge in [-0.15, -0.1) is 10.2 Å². The molecule has 2 aromatic carbocycles. The number of ether oxygens (including phenoxy) is 1. The first-order valence-corrected chi connectivity index (χ1v) is 16.5. The van der Waals surface area contributed by atoms with Gasteiger partial charge in [0.2, 0.25) is 0 Å². The van der Waals surface area contributed by atoms with Gasteiger partial charge in [0, 0.05) is 47.1 Å². The number of amides is 1. The van der Waals surface area contributed by atoms with Crippen molar-refractivity contribution in [3.8, 4) is 22.4 Å². The number of aryl methyl sites for hydroxylation is 1. The third kappa shape index (κ3) is 6.21. The molecule has 1 amide bonds. The summed E-state index contributed by atoms with van der Waals surface area (Å²) >= 11 is 0. The Labute approximate surface area is 265 Å². The zero-order valence-electron chi connectivity index (χ0n) is 26.4. The Hall–Kier alpha value is -3.79. The zero-order chi connectivity index (χ0) is 30.9. The number of rotatable bonds is 6. The van der Waals surface area contributed by atoms with E-state index in [2.05, 4.69) is 57.6 Å². The van der Waals surface area contributed by atoms with E-state index in [1.807, 2.05) is 35.4 Å². The van der Waals surface area contributed by atoms with Crippen molar-refractivity contribution in [1.82, 2.24) is 25.0 Å². The van der Waals surface area contributed by atoms with Crippen LogP contribution in [0.4, 0.5) is 5.69 Å². The Morgan fingerprint density at radius 2 is 1.71 bits per heavy atom. The number of hydrogen-bond acceptors (Lipinski definition) is 7. The van der Waals surface area contributed by atoms with Crippen LogP contribution in [0.15, 0.2) is 48.7 Å². The van der Waals surface area contributed by atoms with E-state index in [4.69, 9.17) is 4.74 Å². The monoisotopic (exact) mass is 608 g/mol. The number of aromatic amines is 1. The maximum absolute atomic E-state index is 13.0. The predicted molar refractivity (Wildman–Crippen MR) is 178 cm³/mol. The third-order valence-corrected chi connectivity index (χ3v) is 10.1. The number of benzene rings is 2. The molecule has 2 aliphatic heterocycles. The molecule has 1 aliphatic carbocycles. The van der Waals surface area contributed by atoms with Gasteiger partial charge in [0.15, 0.2) is 5.65 Å². The lowest BCUT2D eigenvalue weighted by Crippen LogP contribution is -2.40. The van der Waals surface area contributed by atoms with Crippen LogP contribution in [0, 0.1) is 6.92 Å². The lowest BCUT2D eigenvalue weighted by atomic mass is 9.84. The van der Waals surface area contributed by atoms with Crippen LogP contribution in [-0.2, 0) is 4.74 Å². The molecule has 3 fully saturated rings. The molecular formula is C36H44N6O3. The molecule has 3 N–H and O–H groups in total. The second-order valence-corrected chi connectivity index (χ2v) is 13.1. The van der Waals surface area contributed by atoms with E-state index in [1.165, 1.54) is 11.1 Å². The lowest BCUT2D eigenvalue weighted by Gasteiger charge is -2.34. The summed E-state index contributed by atoms with van der Waals surface area (Å²) < 4.78 is 5.40. The quantitative estimate of drug-likeness (QED) is 0.262. The minimum absolute atomic E-state index is 0.0427. The van der Waals surface area contributed by atoms with E-state index in [-0.39, 0.29) is 18.1 Å². The minimum Gasteiger partial charge on any atom is -0.391 e. The van der Waals surface area contributed by atoms with Gasteiger partial charge in [0.05, 0.1) is 31.1 Å². The molecule has 9 nitrogen and oxygen atoms in total. The number of carbonyl (C=O) groups is 1. The van der Waals surface area contributed by atoms with Crippen LogP contribution in [0.2, 0.25) is 0 Å². The highest BCUT2D eigenvalue weighted by atomic mass is 16.5. The molecule has 2 aromatic heterocycles. The van der Waals surface area contributed by atoms with Crippen LogP contribution < -0.4 is 5.32 Å². The summed E-state index contributed by atoms with van der Waals surface area (Å²) in [5.74, 6) is 0.530. The van der Waals surface area contributed by atoms with Crippen LogP contribution in [0.3, 0.4) is 0 Å². The van der Waals surface area contributed by atoms with Crippen molar-refractivity contribution in [2.75, 3.05) is 51.8 Å². The van der Waals surface area contributed by atoms with Crippen molar-refractivity contribution in [3.05, 3.63) is 65.4 Å². The SMILES string of the molecule is Cc1cc(-c2cc3c(-c4ccc(C(=O)N5CCOCC5)cc4)c[nH]c3nn2)cc(NC2CCCCC2O)c1C1CCN(C)CC1. The van der Waals surface area contributed by atoms with Gasteiger partial charge in [0.1, 0.15) is 0 Å². The van der Waals surface area contributed by atoms with Gasteiger partial charge < -0.3 is 29.9 Å². The smallest absolute Gasteiger partial charge is 0.254 e. The molecule has 4 heterocycles. The summed E-state index contributed by atoms with van der Waals surface area (Å²) in [7, 11) is 2.20. The Kier molecular flexibility index (Phi) is 8.57. The van der Waals surface area contributed by atoms with Crippen molar-refractivity contribution in [1.29, 1.82) is 0 Å². The highest BCUT2D eigenvalue weighted by Crippen LogP contribution is 2.40. The molecule has 45 heavy (non-hydrogen) atoms. The van der Waals surface area contributed by atoms with Gasteiger partial charge >= 0.3 is 0 Å². The largest absolute Gasteiger partial charge is 0.391 e. The second kappa shape index (κ2) is 12.9. The van der Waals surface area contributed by atoms with Crippen LogP contribution >= 0.6 is 0 Å². The fraction of sp³-hybridized carbons (Fsp3) is 0.472. The summed E-state index contributed by atoms with van der Waals surface area (Å²) in [5, 5.41) is 24.9. The summed E-state index contributed by atoms with van der Waals surface area (Å²) in [6, 6.07) is 14.5. The maximum Gasteiger partial charge on any atom is 0.254 e. The number of morpholine rings is 1. The van der Waals surface area contributed by atoms with Crippen LogP contribution in [0.25, 0.3) is 33.4 Å². The first-order chi connectivity index (χ1) is 21.9. The number of H-pyrrole nitrogens is 1. The average molecular weight is 609 g/mol. The van der Waals surface area contributed by atoms with Crippen molar-refractivity contribution < 1.29 is 14.6 Å². The third-order valence-electron chi connectivity index (χ3n) is 10.1. The summed E-state index contributed by atoms with van der Waals surface area (Å²) in [6.45, 7) is 6.83. The topological polar surface area (TPSA) is 107 Å². The molecule has 9 heteroatoms. The minimum atomic E-state index is -0.331. The molecule has 2 atom stereocenters. The highest BCUT2D eigenvalue weighted by molar-refractivity contribution is 5.97. The number of anilines is 1. The second-order valence-electron chi connectivity index (χ2n) is 13.1. The Balaban J connectivity index is 1.21. The standard InChI is InChI=1S/C36H44N6O3/c1-23-19-27(20-32(38-30-5-3-4-6-33(30)43)34(23)25-11-13-41(2)14-12-25)31-21-28-29(22-37-35(28)40-39-31)24-7-9-26(10-8-24)36(44)42-15-17-45-18-16-42/h7-10,19-22,25,30,33,38,43H,3-6,11-18H2,1-2H3,(H,37,40). The molecular weight excluding hydrogens is 564 g/mol. The van der Waals surface area contributed by atoms with Gasteiger partial charge in [-0.2, -0.15) is 0 Å². The number of aliphatic hydroxyl groups is 1. The van der Waals surface area contributed by atoms with E-state index >= 15 is 0 Å². The number of nitrogens with one attached hydrogen (secondary N) is 2. The van der Waals surface area contributed by atoms with Gasteiger partial charge in [-0.05, 0) is 106 Å². The van der Waals surface area contributed by atoms with E-state index in [1.54, 1.807) is 0 Å². The lowest BCUT2D eigenvalue weighted by molar-refractivity contribution is 0.0303. The van der Waals surface area contributed by atoms with E-state index in [0.717, 1.165) is 90.7 Å². The van der Waals surface area contributed by atoms with E-state index < -0.39 is 0 Å². The van der Waals surface area contributed by atoms with Crippen molar-refractivity contribution in [2.45, 2.75) is 63.5 Å². The molecule has 0 spiro atoms. The van der Waals surface area contributed by atoms with Gasteiger partial charge in [0.25, 0.3) is 5.91 Å². The Bertz CT molecular complexity index is 1650. The van der Waals surface area contributed by atoms with Crippen LogP contribution in [0.5, 0.6) is 0 Å². The average Bonchev–Trinajstić information content (AvgIpc) is 3.50. The molecule has 4 aromatic rings. The molecule has 3 aliphatic rings. The zero-order valence-corrected chi connectivity index (χ0v) is 26.4. The summed E-state index contributed by atoms with van der Waals surface area (Å²) in [4.78, 5) is 20.5. The van der Waals surface area contributed by atoms with Crippen molar-refractivity contribution in [2.24, 2.45) is 0 Å². The number of hydrogen-bond donors (Lipinski definition) is 3. The highest BCUT2D eigenvalue weighted by Gasteiger charge is 2.28. The number of aliphatic hydroxyl groups excluding tert-OH is 1. The van der Waals surface area contributed by atoms with Gasteiger partial charge in [-0.25, -0.2) is 0 Å². The number of nitrogens with zero attached hydrogens (tertiary/aromatic N) is 4. The summed E-state index contributed by atoms with van der Waals surface area (Å²) in [6.07, 6.45) is 7.95. The summed E-state index contributed by atoms with van der Waals surface area (Å²) in [5.41, 5.74) is 9.05. The molecule has 1 saturated carbocycles. The molecule has 2 saturated heterocycles. The first kappa shape index (κ1) is 29.9. The van der Waals surface area contributed by atoms with Crippen molar-refractivity contribution >= 4 is 22.6 Å². The molecule has 236 valence electrons. The number of aromatic nitrogens is 3. The fourth-order valence-electron chi connectivity index (χ4n) is 7.43. The van der Waals surface area contributed by atoms with E-state index in [0.29, 0.717) is 37.8 Å². The number of fused-ring (bicyclic) bond motifs is 1. The fourth-order valence-corrected chi connectivity index (χ4v) is 7.43. The van der Waals surface area contributed by atoms with Crippen molar-refractivity contribution in [3.63, 3.8) is 0 Å². The number of piperidine rings is 1. The normalized spacial score (nSPS) is 21.7. The Morgan fingerprint density at radius 3 is 2.47 bits per heavy atom. The first-order valence-electron chi connectivity index (χ1n) is 16.5. The van der Waals surface area contributed by atoms with Gasteiger partial charge in [-0.3, -0.25) is 4.79 Å². The Morgan fingerprint density at radius 1 is 0.956 bits per heavy atom. The molecule has 2 unspecified atom stereocenters. The van der Waals surface area contributed by atoms with Gasteiger partial charge in [-0.1, -0.05) is 25.0 Å².